The van der Waals surface area contributed by atoms with Crippen LogP contribution in [-0.4, -0.2) is 34.6 Å². The summed E-state index contributed by atoms with van der Waals surface area (Å²) in [4.78, 5) is 6.76. The normalized spacial score (nSPS) is 13.3. The molecule has 110 valence electrons. The summed E-state index contributed by atoms with van der Waals surface area (Å²) in [5.41, 5.74) is 1.62. The number of benzene rings is 1. The van der Waals surface area contributed by atoms with Gasteiger partial charge >= 0.3 is 0 Å². The average Bonchev–Trinajstić information content (AvgIpc) is 2.74. The zero-order valence-electron chi connectivity index (χ0n) is 11.8. The van der Waals surface area contributed by atoms with Crippen LogP contribution in [0.25, 0.3) is 11.0 Å². The number of halogens is 3. The quantitative estimate of drug-likeness (QED) is 0.549. The van der Waals surface area contributed by atoms with Crippen LogP contribution in [0.2, 0.25) is 0 Å². The molecule has 0 saturated carbocycles. The SMILES string of the molecule is CCN(C)CCn1c(C(C)Cl)nc2cc(I)c(F)cc21. The first kappa shape index (κ1) is 16.0. The molecule has 0 bridgehead atoms. The summed E-state index contributed by atoms with van der Waals surface area (Å²) in [6.45, 7) is 6.62. The Labute approximate surface area is 137 Å². The summed E-state index contributed by atoms with van der Waals surface area (Å²) < 4.78 is 16.4. The molecule has 1 aromatic carbocycles. The Morgan fingerprint density at radius 1 is 1.50 bits per heavy atom. The van der Waals surface area contributed by atoms with Crippen molar-refractivity contribution in [3.8, 4) is 0 Å². The maximum absolute atomic E-state index is 13.8. The molecule has 0 amide bonds. The molecule has 2 aromatic rings. The molecule has 1 heterocycles. The minimum absolute atomic E-state index is 0.199. The van der Waals surface area contributed by atoms with Crippen LogP contribution in [0.15, 0.2) is 12.1 Å². The zero-order valence-corrected chi connectivity index (χ0v) is 14.7. The van der Waals surface area contributed by atoms with E-state index in [0.717, 1.165) is 36.5 Å². The molecule has 1 atom stereocenters. The summed E-state index contributed by atoms with van der Waals surface area (Å²) >= 11 is 8.20. The number of likely N-dealkylation sites (N-methyl/N-ethyl adjacent to an activating group) is 1. The fraction of sp³-hybridized carbons (Fsp3) is 0.500. The Kier molecular flexibility index (Phi) is 5.25. The Bertz CT molecular complexity index is 612. The molecule has 0 aliphatic rings. The van der Waals surface area contributed by atoms with Gasteiger partial charge in [0.15, 0.2) is 0 Å². The fourth-order valence-corrected chi connectivity index (χ4v) is 2.72. The van der Waals surface area contributed by atoms with Gasteiger partial charge in [-0.05, 0) is 49.2 Å². The maximum Gasteiger partial charge on any atom is 0.138 e. The molecule has 0 N–H and O–H groups in total. The molecule has 0 saturated heterocycles. The summed E-state index contributed by atoms with van der Waals surface area (Å²) in [7, 11) is 2.06. The number of rotatable bonds is 5. The van der Waals surface area contributed by atoms with Crippen LogP contribution in [0, 0.1) is 9.39 Å². The first-order chi connectivity index (χ1) is 9.43. The first-order valence-electron chi connectivity index (χ1n) is 6.61. The van der Waals surface area contributed by atoms with E-state index in [9.17, 15) is 4.39 Å². The Hall–Kier alpha value is -0.400. The highest BCUT2D eigenvalue weighted by molar-refractivity contribution is 14.1. The van der Waals surface area contributed by atoms with Gasteiger partial charge in [-0.15, -0.1) is 11.6 Å². The number of fused-ring (bicyclic) bond motifs is 1. The lowest BCUT2D eigenvalue weighted by Gasteiger charge is -2.16. The standard InChI is InChI=1S/C14H18ClFIN3/c1-4-19(3)5-6-20-13-7-10(16)11(17)8-12(13)18-14(20)9(2)15/h7-9H,4-6H2,1-3H3. The van der Waals surface area contributed by atoms with Crippen molar-refractivity contribution < 1.29 is 4.39 Å². The highest BCUT2D eigenvalue weighted by Crippen LogP contribution is 2.27. The van der Waals surface area contributed by atoms with Crippen LogP contribution >= 0.6 is 34.2 Å². The van der Waals surface area contributed by atoms with E-state index in [-0.39, 0.29) is 11.2 Å². The molecule has 0 spiro atoms. The second-order valence-corrected chi connectivity index (χ2v) is 6.71. The molecule has 1 unspecified atom stereocenters. The van der Waals surface area contributed by atoms with Gasteiger partial charge in [0.2, 0.25) is 0 Å². The van der Waals surface area contributed by atoms with Gasteiger partial charge in [-0.1, -0.05) is 6.92 Å². The molecule has 6 heteroatoms. The first-order valence-corrected chi connectivity index (χ1v) is 8.13. The Morgan fingerprint density at radius 3 is 2.80 bits per heavy atom. The predicted molar refractivity (Wildman–Crippen MR) is 89.8 cm³/mol. The highest BCUT2D eigenvalue weighted by atomic mass is 127. The Balaban J connectivity index is 2.47. The van der Waals surface area contributed by atoms with E-state index in [0.29, 0.717) is 3.57 Å². The van der Waals surface area contributed by atoms with E-state index >= 15 is 0 Å². The number of hydrogen-bond donors (Lipinski definition) is 0. The van der Waals surface area contributed by atoms with Gasteiger partial charge in [0.1, 0.15) is 11.6 Å². The highest BCUT2D eigenvalue weighted by Gasteiger charge is 2.16. The molecule has 0 aliphatic carbocycles. The molecular weight excluding hydrogens is 392 g/mol. The minimum atomic E-state index is -0.211. The van der Waals surface area contributed by atoms with E-state index < -0.39 is 0 Å². The van der Waals surface area contributed by atoms with Crippen molar-refractivity contribution in [1.29, 1.82) is 0 Å². The summed E-state index contributed by atoms with van der Waals surface area (Å²) in [5.74, 6) is 0.587. The number of hydrogen-bond acceptors (Lipinski definition) is 2. The molecule has 0 fully saturated rings. The summed E-state index contributed by atoms with van der Waals surface area (Å²) in [5, 5.41) is -0.199. The van der Waals surface area contributed by atoms with Crippen LogP contribution in [-0.2, 0) is 6.54 Å². The zero-order chi connectivity index (χ0) is 14.9. The lowest BCUT2D eigenvalue weighted by molar-refractivity contribution is 0.335. The van der Waals surface area contributed by atoms with Crippen LogP contribution < -0.4 is 0 Å². The molecule has 0 radical (unpaired) electrons. The van der Waals surface area contributed by atoms with Gasteiger partial charge in [-0.2, -0.15) is 0 Å². The van der Waals surface area contributed by atoms with E-state index in [2.05, 4.69) is 23.9 Å². The van der Waals surface area contributed by atoms with Crippen molar-refractivity contribution in [3.63, 3.8) is 0 Å². The van der Waals surface area contributed by atoms with Gasteiger partial charge < -0.3 is 9.47 Å². The number of imidazole rings is 1. The maximum atomic E-state index is 13.8. The van der Waals surface area contributed by atoms with Crippen molar-refractivity contribution in [3.05, 3.63) is 27.3 Å². The van der Waals surface area contributed by atoms with Gasteiger partial charge in [-0.25, -0.2) is 9.37 Å². The second kappa shape index (κ2) is 6.58. The van der Waals surface area contributed by atoms with E-state index in [1.54, 1.807) is 12.1 Å². The molecule has 20 heavy (non-hydrogen) atoms. The smallest absolute Gasteiger partial charge is 0.138 e. The van der Waals surface area contributed by atoms with Crippen LogP contribution in [0.5, 0.6) is 0 Å². The van der Waals surface area contributed by atoms with Crippen molar-refractivity contribution >= 4 is 45.2 Å². The third kappa shape index (κ3) is 3.26. The van der Waals surface area contributed by atoms with Crippen molar-refractivity contribution in [2.75, 3.05) is 20.1 Å². The van der Waals surface area contributed by atoms with E-state index in [1.165, 1.54) is 0 Å². The minimum Gasteiger partial charge on any atom is -0.325 e. The van der Waals surface area contributed by atoms with Crippen molar-refractivity contribution in [1.82, 2.24) is 14.5 Å². The van der Waals surface area contributed by atoms with Crippen LogP contribution in [0.1, 0.15) is 25.0 Å². The summed E-state index contributed by atoms with van der Waals surface area (Å²) in [6.07, 6.45) is 0. The van der Waals surface area contributed by atoms with Crippen LogP contribution in [0.4, 0.5) is 4.39 Å². The third-order valence-electron chi connectivity index (χ3n) is 3.42. The molecule has 1 aromatic heterocycles. The lowest BCUT2D eigenvalue weighted by Crippen LogP contribution is -2.23. The number of alkyl halides is 1. The van der Waals surface area contributed by atoms with Crippen molar-refractivity contribution in [2.45, 2.75) is 25.8 Å². The van der Waals surface area contributed by atoms with E-state index in [1.807, 2.05) is 34.1 Å². The third-order valence-corrected chi connectivity index (χ3v) is 4.44. The topological polar surface area (TPSA) is 21.1 Å². The summed E-state index contributed by atoms with van der Waals surface area (Å²) in [6, 6.07) is 3.33. The van der Waals surface area contributed by atoms with Gasteiger partial charge in [-0.3, -0.25) is 0 Å². The predicted octanol–water partition coefficient (Wildman–Crippen LogP) is 4.03. The van der Waals surface area contributed by atoms with Crippen LogP contribution in [0.3, 0.4) is 0 Å². The van der Waals surface area contributed by atoms with Gasteiger partial charge in [0.05, 0.1) is 20.0 Å². The number of aromatic nitrogens is 2. The molecule has 0 aliphatic heterocycles. The largest absolute Gasteiger partial charge is 0.325 e. The van der Waals surface area contributed by atoms with Crippen molar-refractivity contribution in [2.24, 2.45) is 0 Å². The molecule has 2 rings (SSSR count). The number of nitrogens with zero attached hydrogens (tertiary/aromatic N) is 3. The van der Waals surface area contributed by atoms with Gasteiger partial charge in [0.25, 0.3) is 0 Å². The molecule has 3 nitrogen and oxygen atoms in total. The monoisotopic (exact) mass is 409 g/mol. The lowest BCUT2D eigenvalue weighted by atomic mass is 10.3. The Morgan fingerprint density at radius 2 is 2.20 bits per heavy atom. The van der Waals surface area contributed by atoms with E-state index in [4.69, 9.17) is 11.6 Å². The van der Waals surface area contributed by atoms with Gasteiger partial charge in [0, 0.05) is 19.2 Å². The second-order valence-electron chi connectivity index (χ2n) is 4.89. The average molecular weight is 410 g/mol. The molecular formula is C14H18ClFIN3. The fourth-order valence-electron chi connectivity index (χ4n) is 2.11.